The van der Waals surface area contributed by atoms with E-state index in [2.05, 4.69) is 29.4 Å². The summed E-state index contributed by atoms with van der Waals surface area (Å²) < 4.78 is 5.42. The molecule has 25 heavy (non-hydrogen) atoms. The third-order valence-electron chi connectivity index (χ3n) is 4.51. The van der Waals surface area contributed by atoms with Gasteiger partial charge in [-0.05, 0) is 23.6 Å². The van der Waals surface area contributed by atoms with Gasteiger partial charge < -0.3 is 15.4 Å². The fourth-order valence-corrected chi connectivity index (χ4v) is 3.00. The van der Waals surface area contributed by atoms with Crippen LogP contribution in [-0.4, -0.2) is 55.6 Å². The minimum atomic E-state index is -0.0651. The highest BCUT2D eigenvalue weighted by atomic mass is 16.5. The van der Waals surface area contributed by atoms with E-state index in [4.69, 9.17) is 4.74 Å². The summed E-state index contributed by atoms with van der Waals surface area (Å²) in [6.07, 6.45) is 0. The number of rotatable bonds is 7. The maximum atomic E-state index is 12.4. The van der Waals surface area contributed by atoms with Gasteiger partial charge in [-0.3, -0.25) is 14.5 Å². The van der Waals surface area contributed by atoms with E-state index in [1.165, 1.54) is 6.92 Å². The van der Waals surface area contributed by atoms with Crippen LogP contribution in [0, 0.1) is 5.92 Å². The molecule has 2 amide bonds. The number of morpholine rings is 1. The molecule has 0 aliphatic carbocycles. The molecule has 1 saturated heterocycles. The Bertz CT molecular complexity index is 566. The first-order valence-corrected chi connectivity index (χ1v) is 8.90. The zero-order valence-electron chi connectivity index (χ0n) is 15.4. The van der Waals surface area contributed by atoms with E-state index in [1.807, 2.05) is 12.1 Å². The van der Waals surface area contributed by atoms with Gasteiger partial charge in [-0.1, -0.05) is 26.0 Å². The third kappa shape index (κ3) is 6.14. The van der Waals surface area contributed by atoms with Crippen molar-refractivity contribution in [1.29, 1.82) is 0 Å². The summed E-state index contributed by atoms with van der Waals surface area (Å²) in [6.45, 7) is 10.3. The maximum absolute atomic E-state index is 12.4. The number of benzene rings is 1. The van der Waals surface area contributed by atoms with Crippen LogP contribution in [0.2, 0.25) is 0 Å². The molecule has 1 aliphatic heterocycles. The van der Waals surface area contributed by atoms with Crippen molar-refractivity contribution in [3.05, 3.63) is 35.4 Å². The van der Waals surface area contributed by atoms with Crippen molar-refractivity contribution in [2.24, 2.45) is 5.92 Å². The lowest BCUT2D eigenvalue weighted by Gasteiger charge is -2.36. The van der Waals surface area contributed by atoms with Crippen molar-refractivity contribution in [3.63, 3.8) is 0 Å². The Hall–Kier alpha value is -1.92. The van der Waals surface area contributed by atoms with Crippen LogP contribution in [0.3, 0.4) is 0 Å². The van der Waals surface area contributed by atoms with Gasteiger partial charge in [-0.25, -0.2) is 0 Å². The third-order valence-corrected chi connectivity index (χ3v) is 4.51. The molecule has 1 aromatic rings. The molecule has 6 nitrogen and oxygen atoms in total. The van der Waals surface area contributed by atoms with Crippen molar-refractivity contribution >= 4 is 11.8 Å². The van der Waals surface area contributed by atoms with Gasteiger partial charge in [0.05, 0.1) is 13.2 Å². The second kappa shape index (κ2) is 9.53. The molecule has 0 bridgehead atoms. The Balaban J connectivity index is 1.88. The standard InChI is InChI=1S/C19H29N3O3/c1-14(2)18(22-8-10-25-11-9-22)13-21-19(24)17-6-4-16(5-7-17)12-20-15(3)23/h4-7,14,18H,8-13H2,1-3H3,(H,20,23)(H,21,24). The number of carbonyl (C=O) groups is 2. The van der Waals surface area contributed by atoms with Gasteiger partial charge >= 0.3 is 0 Å². The average Bonchev–Trinajstić information content (AvgIpc) is 2.61. The second-order valence-electron chi connectivity index (χ2n) is 6.78. The number of hydrogen-bond donors (Lipinski definition) is 2. The fourth-order valence-electron chi connectivity index (χ4n) is 3.00. The van der Waals surface area contributed by atoms with E-state index in [1.54, 1.807) is 12.1 Å². The van der Waals surface area contributed by atoms with Crippen LogP contribution in [0.25, 0.3) is 0 Å². The molecule has 2 N–H and O–H groups in total. The van der Waals surface area contributed by atoms with Gasteiger partial charge in [-0.15, -0.1) is 0 Å². The number of hydrogen-bond acceptors (Lipinski definition) is 4. The molecule has 138 valence electrons. The van der Waals surface area contributed by atoms with Gasteiger partial charge in [0.25, 0.3) is 5.91 Å². The smallest absolute Gasteiger partial charge is 0.251 e. The SMILES string of the molecule is CC(=O)NCc1ccc(C(=O)NCC(C(C)C)N2CCOCC2)cc1. The summed E-state index contributed by atoms with van der Waals surface area (Å²) in [5.41, 5.74) is 1.61. The predicted molar refractivity (Wildman–Crippen MR) is 97.3 cm³/mol. The quantitative estimate of drug-likeness (QED) is 0.782. The van der Waals surface area contributed by atoms with Gasteiger partial charge in [0.1, 0.15) is 0 Å². The van der Waals surface area contributed by atoms with Crippen LogP contribution in [-0.2, 0) is 16.1 Å². The molecule has 2 rings (SSSR count). The minimum absolute atomic E-state index is 0.0648. The number of nitrogens with zero attached hydrogens (tertiary/aromatic N) is 1. The highest BCUT2D eigenvalue weighted by Gasteiger charge is 2.24. The zero-order valence-corrected chi connectivity index (χ0v) is 15.4. The Kier molecular flexibility index (Phi) is 7.40. The van der Waals surface area contributed by atoms with E-state index < -0.39 is 0 Å². The number of amides is 2. The molecule has 0 saturated carbocycles. The predicted octanol–water partition coefficient (Wildman–Crippen LogP) is 1.41. The number of ether oxygens (including phenoxy) is 1. The summed E-state index contributed by atoms with van der Waals surface area (Å²) in [4.78, 5) is 25.7. The van der Waals surface area contributed by atoms with E-state index in [9.17, 15) is 9.59 Å². The van der Waals surface area contributed by atoms with Crippen LogP contribution < -0.4 is 10.6 Å². The monoisotopic (exact) mass is 347 g/mol. The van der Waals surface area contributed by atoms with Crippen molar-refractivity contribution in [2.75, 3.05) is 32.8 Å². The second-order valence-corrected chi connectivity index (χ2v) is 6.78. The lowest BCUT2D eigenvalue weighted by Crippen LogP contribution is -2.51. The molecule has 1 aliphatic rings. The topological polar surface area (TPSA) is 70.7 Å². The van der Waals surface area contributed by atoms with Gasteiger partial charge in [0, 0.05) is 44.7 Å². The molecule has 0 radical (unpaired) electrons. The normalized spacial score (nSPS) is 16.5. The molecule has 1 fully saturated rings. The summed E-state index contributed by atoms with van der Waals surface area (Å²) in [5.74, 6) is 0.327. The first-order chi connectivity index (χ1) is 12.0. The van der Waals surface area contributed by atoms with Crippen LogP contribution in [0.1, 0.15) is 36.7 Å². The summed E-state index contributed by atoms with van der Waals surface area (Å²) in [5, 5.41) is 5.80. The fraction of sp³-hybridized carbons (Fsp3) is 0.579. The van der Waals surface area contributed by atoms with Crippen LogP contribution >= 0.6 is 0 Å². The van der Waals surface area contributed by atoms with E-state index in [0.717, 1.165) is 31.9 Å². The van der Waals surface area contributed by atoms with Crippen LogP contribution in [0.5, 0.6) is 0 Å². The van der Waals surface area contributed by atoms with E-state index in [0.29, 0.717) is 30.6 Å². The minimum Gasteiger partial charge on any atom is -0.379 e. The van der Waals surface area contributed by atoms with Crippen molar-refractivity contribution in [2.45, 2.75) is 33.4 Å². The van der Waals surface area contributed by atoms with E-state index in [-0.39, 0.29) is 11.8 Å². The first kappa shape index (κ1) is 19.4. The summed E-state index contributed by atoms with van der Waals surface area (Å²) in [6, 6.07) is 7.64. The lowest BCUT2D eigenvalue weighted by molar-refractivity contribution is -0.119. The molecule has 1 heterocycles. The highest BCUT2D eigenvalue weighted by Crippen LogP contribution is 2.13. The molecule has 1 aromatic carbocycles. The van der Waals surface area contributed by atoms with Crippen LogP contribution in [0.15, 0.2) is 24.3 Å². The first-order valence-electron chi connectivity index (χ1n) is 8.90. The van der Waals surface area contributed by atoms with Crippen molar-refractivity contribution in [3.8, 4) is 0 Å². The van der Waals surface area contributed by atoms with Crippen molar-refractivity contribution < 1.29 is 14.3 Å². The number of carbonyl (C=O) groups excluding carboxylic acids is 2. The lowest BCUT2D eigenvalue weighted by atomic mass is 10.0. The Morgan fingerprint density at radius 2 is 1.76 bits per heavy atom. The molecular weight excluding hydrogens is 318 g/mol. The number of nitrogens with one attached hydrogen (secondary N) is 2. The maximum Gasteiger partial charge on any atom is 0.251 e. The Labute approximate surface area is 149 Å². The molecule has 1 atom stereocenters. The molecule has 1 unspecified atom stereocenters. The largest absolute Gasteiger partial charge is 0.379 e. The molecule has 0 spiro atoms. The van der Waals surface area contributed by atoms with Gasteiger partial charge in [-0.2, -0.15) is 0 Å². The van der Waals surface area contributed by atoms with Gasteiger partial charge in [0.2, 0.25) is 5.91 Å². The molecule has 0 aromatic heterocycles. The Morgan fingerprint density at radius 3 is 2.32 bits per heavy atom. The average molecular weight is 347 g/mol. The molecule has 6 heteroatoms. The summed E-state index contributed by atoms with van der Waals surface area (Å²) in [7, 11) is 0. The van der Waals surface area contributed by atoms with Crippen LogP contribution in [0.4, 0.5) is 0 Å². The highest BCUT2D eigenvalue weighted by molar-refractivity contribution is 5.94. The van der Waals surface area contributed by atoms with E-state index >= 15 is 0 Å². The molecular formula is C19H29N3O3. The van der Waals surface area contributed by atoms with Gasteiger partial charge in [0.15, 0.2) is 0 Å². The Morgan fingerprint density at radius 1 is 1.12 bits per heavy atom. The van der Waals surface area contributed by atoms with Crippen molar-refractivity contribution in [1.82, 2.24) is 15.5 Å². The zero-order chi connectivity index (χ0) is 18.2. The summed E-state index contributed by atoms with van der Waals surface area (Å²) >= 11 is 0.